The van der Waals surface area contributed by atoms with Gasteiger partial charge in [-0.2, -0.15) is 0 Å². The molecule has 1 atom stereocenters. The third-order valence-electron chi connectivity index (χ3n) is 3.25. The first-order valence-electron chi connectivity index (χ1n) is 6.12. The van der Waals surface area contributed by atoms with E-state index < -0.39 is 11.7 Å². The first-order valence-corrected chi connectivity index (χ1v) is 7.80. The summed E-state index contributed by atoms with van der Waals surface area (Å²) >= 11 is 5.11. The second kappa shape index (κ2) is 6.88. The van der Waals surface area contributed by atoms with Gasteiger partial charge in [-0.25, -0.2) is 0 Å². The van der Waals surface area contributed by atoms with Crippen molar-refractivity contribution in [3.63, 3.8) is 0 Å². The van der Waals surface area contributed by atoms with E-state index in [0.29, 0.717) is 13.0 Å². The third kappa shape index (κ3) is 3.78. The number of halogens is 1. The molecule has 17 heavy (non-hydrogen) atoms. The summed E-state index contributed by atoms with van der Waals surface area (Å²) in [5, 5.41) is 12.5. The minimum Gasteiger partial charge on any atom is -0.390 e. The molecule has 0 saturated carbocycles. The summed E-state index contributed by atoms with van der Waals surface area (Å²) in [6, 6.07) is 2.07. The third-order valence-corrected chi connectivity index (χ3v) is 4.97. The van der Waals surface area contributed by atoms with Crippen molar-refractivity contribution in [2.45, 2.75) is 51.7 Å². The summed E-state index contributed by atoms with van der Waals surface area (Å²) in [5.41, 5.74) is -0.398. The molecule has 0 aliphatic rings. The Bertz CT molecular complexity index is 334. The van der Waals surface area contributed by atoms with Crippen molar-refractivity contribution in [3.05, 3.63) is 20.8 Å². The highest BCUT2D eigenvalue weighted by Gasteiger charge is 2.35. The number of hydrogen-bond acceptors (Lipinski definition) is 3. The van der Waals surface area contributed by atoms with Crippen LogP contribution in [-0.4, -0.2) is 23.4 Å². The predicted molar refractivity (Wildman–Crippen MR) is 76.7 cm³/mol. The van der Waals surface area contributed by atoms with Crippen molar-refractivity contribution in [2.24, 2.45) is 0 Å². The zero-order chi connectivity index (χ0) is 12.9. The van der Waals surface area contributed by atoms with Gasteiger partial charge in [0, 0.05) is 27.8 Å². The Kier molecular flexibility index (Phi) is 6.13. The van der Waals surface area contributed by atoms with Gasteiger partial charge < -0.3 is 9.84 Å². The molecule has 98 valence electrons. The molecule has 0 spiro atoms. The Morgan fingerprint density at radius 1 is 1.41 bits per heavy atom. The van der Waals surface area contributed by atoms with E-state index in [1.165, 1.54) is 4.88 Å². The highest BCUT2D eigenvalue weighted by atomic mass is 79.9. The van der Waals surface area contributed by atoms with Crippen LogP contribution in [0.15, 0.2) is 15.9 Å². The average molecular weight is 321 g/mol. The molecule has 1 aromatic rings. The van der Waals surface area contributed by atoms with E-state index >= 15 is 0 Å². The summed E-state index contributed by atoms with van der Waals surface area (Å²) in [6.07, 6.45) is 1.90. The summed E-state index contributed by atoms with van der Waals surface area (Å²) in [6.45, 7) is 6.78. The molecule has 0 aliphatic carbocycles. The Labute approximate surface area is 116 Å². The topological polar surface area (TPSA) is 29.5 Å². The molecule has 0 radical (unpaired) electrons. The molecule has 0 aromatic carbocycles. The lowest BCUT2D eigenvalue weighted by molar-refractivity contribution is -0.124. The van der Waals surface area contributed by atoms with Crippen molar-refractivity contribution in [2.75, 3.05) is 6.61 Å². The Hall–Kier alpha value is 0.1000. The normalized spacial score (nSPS) is 13.9. The molecule has 0 fully saturated rings. The van der Waals surface area contributed by atoms with Crippen LogP contribution in [-0.2, 0) is 11.2 Å². The average Bonchev–Trinajstić information content (AvgIpc) is 2.71. The fraction of sp³-hybridized carbons (Fsp3) is 0.692. The smallest absolute Gasteiger partial charge is 0.0938 e. The highest BCUT2D eigenvalue weighted by Crippen LogP contribution is 2.29. The Balaban J connectivity index is 2.74. The van der Waals surface area contributed by atoms with Crippen LogP contribution in [0, 0.1) is 0 Å². The molecule has 4 heteroatoms. The molecular formula is C13H21BrO2S. The number of thiophene rings is 1. The summed E-state index contributed by atoms with van der Waals surface area (Å²) in [5.74, 6) is 0. The van der Waals surface area contributed by atoms with Gasteiger partial charge >= 0.3 is 0 Å². The predicted octanol–water partition coefficient (Wildman–Crippen LogP) is 4.01. The fourth-order valence-electron chi connectivity index (χ4n) is 2.15. The number of ether oxygens (including phenoxy) is 1. The van der Waals surface area contributed by atoms with Crippen LogP contribution in [0.5, 0.6) is 0 Å². The quantitative estimate of drug-likeness (QED) is 0.822. The van der Waals surface area contributed by atoms with E-state index in [0.717, 1.165) is 17.3 Å². The monoisotopic (exact) mass is 320 g/mol. The second-order valence-electron chi connectivity index (χ2n) is 4.16. The molecule has 1 N–H and O–H groups in total. The number of hydrogen-bond donors (Lipinski definition) is 1. The molecular weight excluding hydrogens is 300 g/mol. The minimum atomic E-state index is -0.442. The first kappa shape index (κ1) is 15.2. The van der Waals surface area contributed by atoms with Crippen molar-refractivity contribution in [1.29, 1.82) is 0 Å². The van der Waals surface area contributed by atoms with Crippen LogP contribution in [0.1, 0.15) is 38.5 Å². The van der Waals surface area contributed by atoms with E-state index in [2.05, 4.69) is 35.8 Å². The largest absolute Gasteiger partial charge is 0.390 e. The summed E-state index contributed by atoms with van der Waals surface area (Å²) in [4.78, 5) is 1.19. The van der Waals surface area contributed by atoms with Crippen molar-refractivity contribution in [1.82, 2.24) is 0 Å². The zero-order valence-electron chi connectivity index (χ0n) is 10.7. The molecule has 1 rings (SSSR count). The van der Waals surface area contributed by atoms with E-state index in [4.69, 9.17) is 4.74 Å². The second-order valence-corrected chi connectivity index (χ2v) is 6.07. The van der Waals surface area contributed by atoms with E-state index in [1.54, 1.807) is 11.3 Å². The summed E-state index contributed by atoms with van der Waals surface area (Å²) < 4.78 is 6.89. The van der Waals surface area contributed by atoms with Gasteiger partial charge in [0.2, 0.25) is 0 Å². The lowest BCUT2D eigenvalue weighted by Gasteiger charge is -2.36. The van der Waals surface area contributed by atoms with Gasteiger partial charge in [0.05, 0.1) is 11.7 Å². The molecule has 1 aromatic heterocycles. The zero-order valence-corrected chi connectivity index (χ0v) is 13.1. The van der Waals surface area contributed by atoms with Crippen LogP contribution in [0.3, 0.4) is 0 Å². The van der Waals surface area contributed by atoms with Crippen LogP contribution in [0.4, 0.5) is 0 Å². The van der Waals surface area contributed by atoms with Gasteiger partial charge in [0.25, 0.3) is 0 Å². The van der Waals surface area contributed by atoms with Crippen molar-refractivity contribution >= 4 is 27.3 Å². The van der Waals surface area contributed by atoms with E-state index in [1.807, 2.05) is 12.3 Å². The maximum Gasteiger partial charge on any atom is 0.0938 e. The maximum absolute atomic E-state index is 10.4. The Morgan fingerprint density at radius 3 is 2.47 bits per heavy atom. The molecule has 0 aliphatic heterocycles. The van der Waals surface area contributed by atoms with Gasteiger partial charge in [-0.1, -0.05) is 13.8 Å². The van der Waals surface area contributed by atoms with Crippen molar-refractivity contribution < 1.29 is 9.84 Å². The number of aliphatic hydroxyl groups is 1. The Morgan fingerprint density at radius 2 is 2.06 bits per heavy atom. The molecule has 1 heterocycles. The highest BCUT2D eigenvalue weighted by molar-refractivity contribution is 9.10. The lowest BCUT2D eigenvalue weighted by atomic mass is 9.88. The standard InChI is InChI=1S/C13H21BrO2S/c1-4-13(5-2,16-6-3)12(15)8-11-7-10(14)9-17-11/h7,9,12,15H,4-6,8H2,1-3H3. The van der Waals surface area contributed by atoms with Crippen LogP contribution < -0.4 is 0 Å². The van der Waals surface area contributed by atoms with Gasteiger partial charge in [-0.15, -0.1) is 11.3 Å². The molecule has 1 unspecified atom stereocenters. The molecule has 0 bridgehead atoms. The number of aliphatic hydroxyl groups excluding tert-OH is 1. The lowest BCUT2D eigenvalue weighted by Crippen LogP contribution is -2.45. The van der Waals surface area contributed by atoms with Gasteiger partial charge in [0.1, 0.15) is 0 Å². The van der Waals surface area contributed by atoms with Gasteiger partial charge in [-0.3, -0.25) is 0 Å². The van der Waals surface area contributed by atoms with Gasteiger partial charge in [-0.05, 0) is 41.8 Å². The molecule has 0 amide bonds. The summed E-state index contributed by atoms with van der Waals surface area (Å²) in [7, 11) is 0. The van der Waals surface area contributed by atoms with Crippen molar-refractivity contribution in [3.8, 4) is 0 Å². The van der Waals surface area contributed by atoms with E-state index in [-0.39, 0.29) is 0 Å². The fourth-order valence-corrected chi connectivity index (χ4v) is 3.64. The van der Waals surface area contributed by atoms with Gasteiger partial charge in [0.15, 0.2) is 0 Å². The molecule has 2 nitrogen and oxygen atoms in total. The first-order chi connectivity index (χ1) is 8.07. The van der Waals surface area contributed by atoms with Crippen LogP contribution >= 0.6 is 27.3 Å². The molecule has 0 saturated heterocycles. The number of rotatable bonds is 7. The van der Waals surface area contributed by atoms with Crippen LogP contribution in [0.2, 0.25) is 0 Å². The minimum absolute atomic E-state index is 0.398. The van der Waals surface area contributed by atoms with E-state index in [9.17, 15) is 5.11 Å². The maximum atomic E-state index is 10.4. The van der Waals surface area contributed by atoms with Crippen LogP contribution in [0.25, 0.3) is 0 Å². The SMILES string of the molecule is CCOC(CC)(CC)C(O)Cc1cc(Br)cs1.